The topological polar surface area (TPSA) is 75.5 Å². The number of carboxylic acids is 1. The van der Waals surface area contributed by atoms with Gasteiger partial charge in [-0.25, -0.2) is 0 Å². The Morgan fingerprint density at radius 1 is 1.58 bits per heavy atom. The van der Waals surface area contributed by atoms with E-state index >= 15 is 0 Å². The highest BCUT2D eigenvalue weighted by molar-refractivity contribution is 8.01. The van der Waals surface area contributed by atoms with Gasteiger partial charge in [0.1, 0.15) is 0 Å². The van der Waals surface area contributed by atoms with Gasteiger partial charge in [0.25, 0.3) is 0 Å². The van der Waals surface area contributed by atoms with Crippen molar-refractivity contribution in [3.63, 3.8) is 0 Å². The van der Waals surface area contributed by atoms with Crippen molar-refractivity contribution in [1.29, 1.82) is 0 Å². The number of hydrogen-bond acceptors (Lipinski definition) is 7. The van der Waals surface area contributed by atoms with Gasteiger partial charge in [-0.1, -0.05) is 23.1 Å². The van der Waals surface area contributed by atoms with E-state index in [1.807, 2.05) is 11.9 Å². The Bertz CT molecular complexity index is 423. The van der Waals surface area contributed by atoms with Crippen LogP contribution in [0.15, 0.2) is 4.34 Å². The lowest BCUT2D eigenvalue weighted by Gasteiger charge is -2.14. The number of carbonyl (C=O) groups is 1. The molecule has 1 N–H and O–H groups in total. The molecule has 0 unspecified atom stereocenters. The van der Waals surface area contributed by atoms with Gasteiger partial charge in [-0.15, -0.1) is 10.2 Å². The third-order valence-electron chi connectivity index (χ3n) is 2.66. The van der Waals surface area contributed by atoms with Crippen molar-refractivity contribution in [2.24, 2.45) is 5.92 Å². The van der Waals surface area contributed by atoms with E-state index in [9.17, 15) is 4.79 Å². The van der Waals surface area contributed by atoms with E-state index < -0.39 is 5.97 Å². The van der Waals surface area contributed by atoms with Crippen LogP contribution in [0.5, 0.6) is 0 Å². The number of thioether (sulfide) groups is 1. The van der Waals surface area contributed by atoms with Crippen molar-refractivity contribution in [2.75, 3.05) is 37.5 Å². The number of rotatable bonds is 9. The van der Waals surface area contributed by atoms with Crippen LogP contribution in [0.25, 0.3) is 0 Å². The van der Waals surface area contributed by atoms with Gasteiger partial charge in [0.2, 0.25) is 5.13 Å². The fourth-order valence-electron chi connectivity index (χ4n) is 1.37. The normalized spacial score (nSPS) is 14.6. The van der Waals surface area contributed by atoms with Gasteiger partial charge < -0.3 is 14.7 Å². The Kier molecular flexibility index (Phi) is 5.41. The number of nitrogens with zero attached hydrogens (tertiary/aromatic N) is 3. The molecule has 106 valence electrons. The van der Waals surface area contributed by atoms with E-state index in [0.717, 1.165) is 24.2 Å². The molecular formula is C11H17N3O3S2. The monoisotopic (exact) mass is 303 g/mol. The van der Waals surface area contributed by atoms with Gasteiger partial charge in [-0.2, -0.15) is 0 Å². The van der Waals surface area contributed by atoms with Crippen molar-refractivity contribution in [2.45, 2.75) is 17.2 Å². The summed E-state index contributed by atoms with van der Waals surface area (Å²) in [6.45, 7) is 2.32. The molecule has 1 aromatic rings. The number of aliphatic carboxylic acids is 1. The van der Waals surface area contributed by atoms with Crippen molar-refractivity contribution < 1.29 is 14.6 Å². The first kappa shape index (κ1) is 14.5. The van der Waals surface area contributed by atoms with Gasteiger partial charge in [0, 0.05) is 20.2 Å². The maximum atomic E-state index is 10.5. The molecule has 1 aliphatic carbocycles. The third kappa shape index (κ3) is 5.33. The Morgan fingerprint density at radius 3 is 3.05 bits per heavy atom. The Labute approximate surface area is 120 Å². The van der Waals surface area contributed by atoms with Crippen LogP contribution in [-0.2, 0) is 9.53 Å². The second-order valence-corrected chi connectivity index (χ2v) is 6.65. The van der Waals surface area contributed by atoms with E-state index in [4.69, 9.17) is 9.84 Å². The quantitative estimate of drug-likeness (QED) is 0.548. The van der Waals surface area contributed by atoms with E-state index in [0.29, 0.717) is 10.9 Å². The molecule has 1 aromatic heterocycles. The molecule has 19 heavy (non-hydrogen) atoms. The number of hydrogen-bond donors (Lipinski definition) is 1. The summed E-state index contributed by atoms with van der Waals surface area (Å²) in [6, 6.07) is 0. The summed E-state index contributed by atoms with van der Waals surface area (Å²) in [5, 5.41) is 17.4. The number of anilines is 1. The molecule has 0 spiro atoms. The number of ether oxygens (including phenoxy) is 1. The van der Waals surface area contributed by atoms with Crippen LogP contribution in [-0.4, -0.2) is 53.8 Å². The summed E-state index contributed by atoms with van der Waals surface area (Å²) < 4.78 is 6.25. The van der Waals surface area contributed by atoms with Crippen molar-refractivity contribution >= 4 is 34.2 Å². The van der Waals surface area contributed by atoms with E-state index in [2.05, 4.69) is 10.2 Å². The first-order valence-corrected chi connectivity index (χ1v) is 7.92. The number of likely N-dealkylation sites (N-methyl/N-ethyl adjacent to an activating group) is 1. The van der Waals surface area contributed by atoms with Gasteiger partial charge in [0.05, 0.1) is 12.4 Å². The molecule has 8 heteroatoms. The molecule has 1 fully saturated rings. The zero-order valence-electron chi connectivity index (χ0n) is 10.7. The van der Waals surface area contributed by atoms with Crippen LogP contribution in [0.1, 0.15) is 12.8 Å². The highest BCUT2D eigenvalue weighted by Crippen LogP contribution is 2.29. The molecule has 0 amide bonds. The molecule has 0 aliphatic heterocycles. The summed E-state index contributed by atoms with van der Waals surface area (Å²) in [5.41, 5.74) is 0. The molecule has 1 saturated carbocycles. The predicted octanol–water partition coefficient (Wildman–Crippen LogP) is 1.58. The van der Waals surface area contributed by atoms with Crippen LogP contribution in [0.4, 0.5) is 5.13 Å². The SMILES string of the molecule is CN(CCOCC1CC1)c1nnc(SCC(=O)O)s1. The molecule has 0 saturated heterocycles. The molecular weight excluding hydrogens is 286 g/mol. The first-order chi connectivity index (χ1) is 9.15. The number of aromatic nitrogens is 2. The van der Waals surface area contributed by atoms with Crippen LogP contribution < -0.4 is 4.90 Å². The largest absolute Gasteiger partial charge is 0.481 e. The highest BCUT2D eigenvalue weighted by atomic mass is 32.2. The highest BCUT2D eigenvalue weighted by Gasteiger charge is 2.21. The van der Waals surface area contributed by atoms with Crippen LogP contribution in [0.2, 0.25) is 0 Å². The zero-order valence-corrected chi connectivity index (χ0v) is 12.4. The predicted molar refractivity (Wildman–Crippen MR) is 75.1 cm³/mol. The smallest absolute Gasteiger partial charge is 0.313 e. The summed E-state index contributed by atoms with van der Waals surface area (Å²) in [4.78, 5) is 12.4. The lowest BCUT2D eigenvalue weighted by atomic mass is 10.5. The molecule has 0 atom stereocenters. The van der Waals surface area contributed by atoms with Crippen molar-refractivity contribution in [1.82, 2.24) is 10.2 Å². The maximum absolute atomic E-state index is 10.5. The lowest BCUT2D eigenvalue weighted by Crippen LogP contribution is -2.22. The van der Waals surface area contributed by atoms with Crippen molar-refractivity contribution in [3.8, 4) is 0 Å². The molecule has 1 aliphatic rings. The molecule has 0 aromatic carbocycles. The summed E-state index contributed by atoms with van der Waals surface area (Å²) in [6.07, 6.45) is 2.60. The van der Waals surface area contributed by atoms with Crippen LogP contribution >= 0.6 is 23.1 Å². The molecule has 0 radical (unpaired) electrons. The fraction of sp³-hybridized carbons (Fsp3) is 0.727. The lowest BCUT2D eigenvalue weighted by molar-refractivity contribution is -0.133. The van der Waals surface area contributed by atoms with Gasteiger partial charge in [-0.3, -0.25) is 4.79 Å². The first-order valence-electron chi connectivity index (χ1n) is 6.12. The Hall–Kier alpha value is -0.860. The molecule has 6 nitrogen and oxygen atoms in total. The van der Waals surface area contributed by atoms with Crippen molar-refractivity contribution in [3.05, 3.63) is 0 Å². The molecule has 0 bridgehead atoms. The minimum Gasteiger partial charge on any atom is -0.481 e. The van der Waals surface area contributed by atoms with E-state index in [1.54, 1.807) is 0 Å². The van der Waals surface area contributed by atoms with Crippen LogP contribution in [0, 0.1) is 5.92 Å². The van der Waals surface area contributed by atoms with E-state index in [1.165, 1.54) is 35.9 Å². The summed E-state index contributed by atoms with van der Waals surface area (Å²) in [5.74, 6) is -0.0440. The number of carboxylic acid groups (broad SMARTS) is 1. The summed E-state index contributed by atoms with van der Waals surface area (Å²) in [7, 11) is 1.94. The second kappa shape index (κ2) is 7.06. The summed E-state index contributed by atoms with van der Waals surface area (Å²) >= 11 is 2.60. The van der Waals surface area contributed by atoms with Crippen LogP contribution in [0.3, 0.4) is 0 Å². The van der Waals surface area contributed by atoms with Gasteiger partial charge in [0.15, 0.2) is 4.34 Å². The average Bonchev–Trinajstić information content (AvgIpc) is 3.07. The third-order valence-corrected chi connectivity index (χ3v) is 4.82. The fourth-order valence-corrected chi connectivity index (χ4v) is 2.92. The standard InChI is InChI=1S/C11H17N3O3S2/c1-14(4-5-17-6-8-2-3-8)10-12-13-11(19-10)18-7-9(15)16/h8H,2-7H2,1H3,(H,15,16). The zero-order chi connectivity index (χ0) is 13.7. The minimum absolute atomic E-state index is 0.0167. The maximum Gasteiger partial charge on any atom is 0.313 e. The van der Waals surface area contributed by atoms with Gasteiger partial charge in [-0.05, 0) is 18.8 Å². The average molecular weight is 303 g/mol. The Balaban J connectivity index is 1.68. The Morgan fingerprint density at radius 2 is 2.37 bits per heavy atom. The second-order valence-electron chi connectivity index (χ2n) is 4.47. The minimum atomic E-state index is -0.844. The molecule has 1 heterocycles. The van der Waals surface area contributed by atoms with E-state index in [-0.39, 0.29) is 5.75 Å². The molecule has 2 rings (SSSR count). The van der Waals surface area contributed by atoms with Gasteiger partial charge >= 0.3 is 5.97 Å².